The Morgan fingerprint density at radius 3 is 2.21 bits per heavy atom. The minimum atomic E-state index is -3.85. The molecule has 1 aliphatic rings. The zero-order chi connectivity index (χ0) is 24.2. The fourth-order valence-electron chi connectivity index (χ4n) is 3.68. The third kappa shape index (κ3) is 6.06. The smallest absolute Gasteiger partial charge is 0.293 e. The average molecular weight is 476 g/mol. The summed E-state index contributed by atoms with van der Waals surface area (Å²) in [6, 6.07) is 11.4. The van der Waals surface area contributed by atoms with Crippen LogP contribution in [0, 0.1) is 10.1 Å². The van der Waals surface area contributed by atoms with Gasteiger partial charge in [-0.1, -0.05) is 0 Å². The molecule has 1 fully saturated rings. The van der Waals surface area contributed by atoms with Crippen LogP contribution in [0.2, 0.25) is 0 Å². The fraction of sp³-hybridized carbons (Fsp3) is 0.409. The minimum absolute atomic E-state index is 0.0111. The molecule has 0 radical (unpaired) electrons. The first-order valence-electron chi connectivity index (χ1n) is 10.6. The highest BCUT2D eigenvalue weighted by atomic mass is 32.2. The summed E-state index contributed by atoms with van der Waals surface area (Å²) in [4.78, 5) is 28.4. The van der Waals surface area contributed by atoms with Crippen molar-refractivity contribution in [2.24, 2.45) is 0 Å². The van der Waals surface area contributed by atoms with Crippen molar-refractivity contribution in [1.29, 1.82) is 0 Å². The van der Waals surface area contributed by atoms with E-state index in [9.17, 15) is 23.3 Å². The van der Waals surface area contributed by atoms with Gasteiger partial charge in [0.1, 0.15) is 5.69 Å². The van der Waals surface area contributed by atoms with Gasteiger partial charge in [0, 0.05) is 56.6 Å². The quantitative estimate of drug-likeness (QED) is 0.332. The van der Waals surface area contributed by atoms with E-state index in [4.69, 9.17) is 0 Å². The number of likely N-dealkylation sites (N-methyl/N-ethyl adjacent to an activating group) is 1. The van der Waals surface area contributed by atoms with Gasteiger partial charge in [0.25, 0.3) is 5.69 Å². The number of hydrogen-bond acceptors (Lipinski definition) is 8. The van der Waals surface area contributed by atoms with E-state index in [1.165, 1.54) is 19.1 Å². The predicted molar refractivity (Wildman–Crippen MR) is 128 cm³/mol. The summed E-state index contributed by atoms with van der Waals surface area (Å²) < 4.78 is 27.6. The van der Waals surface area contributed by atoms with Crippen LogP contribution in [0.15, 0.2) is 47.4 Å². The lowest BCUT2D eigenvalue weighted by Gasteiger charge is -2.37. The Kier molecular flexibility index (Phi) is 7.67. The van der Waals surface area contributed by atoms with Gasteiger partial charge in [-0.15, -0.1) is 0 Å². The summed E-state index contributed by atoms with van der Waals surface area (Å²) in [5.74, 6) is 0.0111. The van der Waals surface area contributed by atoms with Crippen molar-refractivity contribution in [1.82, 2.24) is 9.62 Å². The summed E-state index contributed by atoms with van der Waals surface area (Å²) in [5.41, 5.74) is 1.81. The number of sulfonamides is 1. The fourth-order valence-corrected chi connectivity index (χ4v) is 4.72. The van der Waals surface area contributed by atoms with Crippen LogP contribution in [-0.4, -0.2) is 77.4 Å². The predicted octanol–water partition coefficient (Wildman–Crippen LogP) is 1.96. The first-order valence-corrected chi connectivity index (χ1v) is 12.1. The highest BCUT2D eigenvalue weighted by Gasteiger charge is 2.27. The van der Waals surface area contributed by atoms with Crippen molar-refractivity contribution in [3.8, 4) is 0 Å². The summed E-state index contributed by atoms with van der Waals surface area (Å²) >= 11 is 0. The van der Waals surface area contributed by atoms with Crippen molar-refractivity contribution in [3.05, 3.63) is 58.1 Å². The number of hydrogen-bond donors (Lipinski definition) is 1. The Balaban J connectivity index is 1.73. The number of nitrogens with one attached hydrogen (secondary N) is 1. The maximum Gasteiger partial charge on any atom is 0.293 e. The molecule has 2 aromatic rings. The van der Waals surface area contributed by atoms with Gasteiger partial charge >= 0.3 is 0 Å². The number of ketones is 1. The number of anilines is 2. The molecular weight excluding hydrogens is 446 g/mol. The molecule has 1 N–H and O–H groups in total. The van der Waals surface area contributed by atoms with E-state index in [0.29, 0.717) is 44.0 Å². The number of rotatable bonds is 9. The van der Waals surface area contributed by atoms with Crippen LogP contribution < -0.4 is 14.5 Å². The molecule has 0 spiro atoms. The number of nitrogens with zero attached hydrogens (tertiary/aromatic N) is 4. The lowest BCUT2D eigenvalue weighted by Crippen LogP contribution is -2.46. The molecule has 0 aromatic heterocycles. The monoisotopic (exact) mass is 475 g/mol. The van der Waals surface area contributed by atoms with E-state index < -0.39 is 14.9 Å². The van der Waals surface area contributed by atoms with Gasteiger partial charge in [0.05, 0.1) is 9.82 Å². The SMILES string of the molecule is CC(=O)c1ccc(N2CCN(c3ccc(S(=O)(=O)NCCN(C)C)cc3[N+](=O)[O-])CC2)cc1. The van der Waals surface area contributed by atoms with Crippen LogP contribution in [0.25, 0.3) is 0 Å². The number of Topliss-reactive ketones (excluding diaryl/α,β-unsaturated/α-hetero) is 1. The Bertz CT molecular complexity index is 1110. The molecule has 0 bridgehead atoms. The topological polar surface area (TPSA) is 116 Å². The molecule has 0 amide bonds. The Labute approximate surface area is 194 Å². The Morgan fingerprint density at radius 2 is 1.67 bits per heavy atom. The molecule has 0 aliphatic carbocycles. The van der Waals surface area contributed by atoms with Gasteiger partial charge in [-0.2, -0.15) is 0 Å². The number of nitro benzene ring substituents is 1. The molecule has 10 nitrogen and oxygen atoms in total. The first kappa shape index (κ1) is 24.6. The maximum atomic E-state index is 12.5. The van der Waals surface area contributed by atoms with Crippen molar-refractivity contribution in [2.45, 2.75) is 11.8 Å². The molecule has 0 unspecified atom stereocenters. The second kappa shape index (κ2) is 10.3. The van der Waals surface area contributed by atoms with Crippen LogP contribution in [0.5, 0.6) is 0 Å². The molecule has 1 aliphatic heterocycles. The largest absolute Gasteiger partial charge is 0.368 e. The number of nitro groups is 1. The van der Waals surface area contributed by atoms with Crippen LogP contribution in [0.3, 0.4) is 0 Å². The second-order valence-corrected chi connectivity index (χ2v) is 9.95. The molecule has 178 valence electrons. The van der Waals surface area contributed by atoms with E-state index >= 15 is 0 Å². The average Bonchev–Trinajstić information content (AvgIpc) is 2.78. The zero-order valence-corrected chi connectivity index (χ0v) is 19.8. The molecule has 1 saturated heterocycles. The number of piperazine rings is 1. The van der Waals surface area contributed by atoms with Crippen LogP contribution in [0.1, 0.15) is 17.3 Å². The Hall–Kier alpha value is -3.02. The molecule has 33 heavy (non-hydrogen) atoms. The Morgan fingerprint density at radius 1 is 1.06 bits per heavy atom. The summed E-state index contributed by atoms with van der Waals surface area (Å²) in [5, 5.41) is 11.7. The summed E-state index contributed by atoms with van der Waals surface area (Å²) in [7, 11) is -0.189. The number of carbonyl (C=O) groups excluding carboxylic acids is 1. The lowest BCUT2D eigenvalue weighted by atomic mass is 10.1. The van der Waals surface area contributed by atoms with Gasteiger partial charge in [-0.25, -0.2) is 13.1 Å². The van der Waals surface area contributed by atoms with Gasteiger partial charge in [-0.05, 0) is 57.4 Å². The van der Waals surface area contributed by atoms with Gasteiger partial charge in [0.2, 0.25) is 10.0 Å². The molecular formula is C22H29N5O5S. The summed E-state index contributed by atoms with van der Waals surface area (Å²) in [6.45, 7) is 4.62. The van der Waals surface area contributed by atoms with Crippen molar-refractivity contribution in [3.63, 3.8) is 0 Å². The zero-order valence-electron chi connectivity index (χ0n) is 19.0. The van der Waals surface area contributed by atoms with E-state index in [2.05, 4.69) is 9.62 Å². The van der Waals surface area contributed by atoms with Crippen LogP contribution >= 0.6 is 0 Å². The van der Waals surface area contributed by atoms with E-state index in [0.717, 1.165) is 11.8 Å². The highest BCUT2D eigenvalue weighted by molar-refractivity contribution is 7.89. The van der Waals surface area contributed by atoms with E-state index in [1.54, 1.807) is 12.1 Å². The number of benzene rings is 2. The van der Waals surface area contributed by atoms with Crippen LogP contribution in [0.4, 0.5) is 17.1 Å². The molecule has 0 atom stereocenters. The maximum absolute atomic E-state index is 12.5. The van der Waals surface area contributed by atoms with Gasteiger partial charge < -0.3 is 14.7 Å². The molecule has 2 aromatic carbocycles. The molecule has 0 saturated carbocycles. The third-order valence-electron chi connectivity index (χ3n) is 5.56. The van der Waals surface area contributed by atoms with Gasteiger partial charge in [0.15, 0.2) is 5.78 Å². The molecule has 11 heteroatoms. The van der Waals surface area contributed by atoms with Gasteiger partial charge in [-0.3, -0.25) is 14.9 Å². The second-order valence-electron chi connectivity index (χ2n) is 8.19. The van der Waals surface area contributed by atoms with E-state index in [-0.39, 0.29) is 22.9 Å². The van der Waals surface area contributed by atoms with E-state index in [1.807, 2.05) is 36.0 Å². The van der Waals surface area contributed by atoms with Crippen molar-refractivity contribution in [2.75, 3.05) is 63.2 Å². The van der Waals surface area contributed by atoms with Crippen LogP contribution in [-0.2, 0) is 10.0 Å². The normalized spacial score (nSPS) is 14.5. The number of carbonyl (C=O) groups is 1. The summed E-state index contributed by atoms with van der Waals surface area (Å²) in [6.07, 6.45) is 0. The third-order valence-corrected chi connectivity index (χ3v) is 7.02. The lowest BCUT2D eigenvalue weighted by molar-refractivity contribution is -0.384. The minimum Gasteiger partial charge on any atom is -0.368 e. The highest BCUT2D eigenvalue weighted by Crippen LogP contribution is 2.32. The molecule has 3 rings (SSSR count). The van der Waals surface area contributed by atoms with Crippen molar-refractivity contribution < 1.29 is 18.1 Å². The first-order chi connectivity index (χ1) is 15.6. The standard InChI is InChI=1S/C22H29N5O5S/c1-17(28)18-4-6-19(7-5-18)25-12-14-26(15-13-25)21-9-8-20(16-22(21)27(29)30)33(31,32)23-10-11-24(2)3/h4-9,16,23H,10-15H2,1-3H3. The molecule has 1 heterocycles. The van der Waals surface area contributed by atoms with Crippen molar-refractivity contribution >= 4 is 32.9 Å².